The molecule has 1 heterocycles. The molecule has 20 heavy (non-hydrogen) atoms. The van der Waals surface area contributed by atoms with Crippen molar-refractivity contribution in [3.8, 4) is 0 Å². The summed E-state index contributed by atoms with van der Waals surface area (Å²) >= 11 is 3.20. The molecule has 1 aromatic heterocycles. The minimum atomic E-state index is -0.549. The van der Waals surface area contributed by atoms with Gasteiger partial charge in [0, 0.05) is 32.7 Å². The van der Waals surface area contributed by atoms with E-state index in [0.717, 1.165) is 10.9 Å². The van der Waals surface area contributed by atoms with Crippen molar-refractivity contribution >= 4 is 38.3 Å². The van der Waals surface area contributed by atoms with E-state index in [0.29, 0.717) is 15.6 Å². The summed E-state index contributed by atoms with van der Waals surface area (Å²) in [6, 6.07) is 10.1. The van der Waals surface area contributed by atoms with Crippen LogP contribution >= 0.6 is 15.9 Å². The molecule has 0 atom stereocenters. The molecule has 3 N–H and O–H groups in total. The van der Waals surface area contributed by atoms with Gasteiger partial charge in [0.05, 0.1) is 5.69 Å². The summed E-state index contributed by atoms with van der Waals surface area (Å²) in [7, 11) is 0. The molecular formula is C15H10BrFN2O. The van der Waals surface area contributed by atoms with Crippen molar-refractivity contribution in [1.82, 2.24) is 4.98 Å². The first-order valence-electron chi connectivity index (χ1n) is 5.93. The maximum Gasteiger partial charge on any atom is 0.196 e. The lowest BCUT2D eigenvalue weighted by molar-refractivity contribution is 0.103. The van der Waals surface area contributed by atoms with Crippen molar-refractivity contribution < 1.29 is 9.18 Å². The molecule has 3 nitrogen and oxygen atoms in total. The number of carbonyl (C=O) groups is 1. The third-order valence-corrected chi connectivity index (χ3v) is 3.82. The molecule has 0 amide bonds. The number of fused-ring (bicyclic) bond motifs is 1. The second kappa shape index (κ2) is 4.76. The van der Waals surface area contributed by atoms with Crippen molar-refractivity contribution in [1.29, 1.82) is 0 Å². The maximum atomic E-state index is 13.3. The van der Waals surface area contributed by atoms with Gasteiger partial charge < -0.3 is 10.7 Å². The number of anilines is 1. The first-order valence-corrected chi connectivity index (χ1v) is 6.72. The van der Waals surface area contributed by atoms with E-state index in [1.807, 2.05) is 24.3 Å². The Morgan fingerprint density at radius 1 is 1.20 bits per heavy atom. The summed E-state index contributed by atoms with van der Waals surface area (Å²) in [5, 5.41) is 0.826. The van der Waals surface area contributed by atoms with Crippen molar-refractivity contribution in [2.45, 2.75) is 0 Å². The molecule has 100 valence electrons. The molecule has 0 radical (unpaired) electrons. The molecule has 0 saturated carbocycles. The number of carbonyl (C=O) groups excluding carboxylic acids is 1. The Hall–Kier alpha value is -2.14. The van der Waals surface area contributed by atoms with Gasteiger partial charge in [-0.3, -0.25) is 4.79 Å². The standard InChI is InChI=1S/C15H10BrFN2O/c16-11-6-12(17)13(18)5-9(11)15(20)10-7-19-14-4-2-1-3-8(10)14/h1-7,19H,18H2. The van der Waals surface area contributed by atoms with Gasteiger partial charge in [0.2, 0.25) is 0 Å². The molecule has 0 aliphatic rings. The fourth-order valence-corrected chi connectivity index (χ4v) is 2.64. The monoisotopic (exact) mass is 332 g/mol. The normalized spacial score (nSPS) is 10.9. The minimum absolute atomic E-state index is 0.0450. The van der Waals surface area contributed by atoms with Crippen molar-refractivity contribution in [2.24, 2.45) is 0 Å². The van der Waals surface area contributed by atoms with Crippen LogP contribution in [0, 0.1) is 5.82 Å². The Labute approximate surface area is 122 Å². The fraction of sp³-hybridized carbons (Fsp3) is 0. The van der Waals surface area contributed by atoms with Crippen molar-refractivity contribution in [2.75, 3.05) is 5.73 Å². The van der Waals surface area contributed by atoms with E-state index in [4.69, 9.17) is 5.73 Å². The van der Waals surface area contributed by atoms with Crippen LogP contribution in [0.25, 0.3) is 10.9 Å². The van der Waals surface area contributed by atoms with Crippen LogP contribution in [0.1, 0.15) is 15.9 Å². The number of hydrogen-bond donors (Lipinski definition) is 2. The predicted molar refractivity (Wildman–Crippen MR) is 80.2 cm³/mol. The largest absolute Gasteiger partial charge is 0.396 e. The molecule has 3 aromatic rings. The van der Waals surface area contributed by atoms with Gasteiger partial charge in [0.15, 0.2) is 5.78 Å². The minimum Gasteiger partial charge on any atom is -0.396 e. The lowest BCUT2D eigenvalue weighted by atomic mass is 10.0. The fourth-order valence-electron chi connectivity index (χ4n) is 2.14. The first-order chi connectivity index (χ1) is 9.58. The molecule has 0 aliphatic carbocycles. The molecule has 0 spiro atoms. The van der Waals surface area contributed by atoms with Gasteiger partial charge in [-0.15, -0.1) is 0 Å². The van der Waals surface area contributed by atoms with E-state index in [1.54, 1.807) is 6.20 Å². The van der Waals surface area contributed by atoms with E-state index in [1.165, 1.54) is 12.1 Å². The Bertz CT molecular complexity index is 826. The van der Waals surface area contributed by atoms with Crippen LogP contribution in [-0.4, -0.2) is 10.8 Å². The second-order valence-corrected chi connectivity index (χ2v) is 5.28. The average molecular weight is 333 g/mol. The van der Waals surface area contributed by atoms with Crippen molar-refractivity contribution in [3.05, 3.63) is 64.0 Å². The topological polar surface area (TPSA) is 58.9 Å². The van der Waals surface area contributed by atoms with Gasteiger partial charge in [-0.2, -0.15) is 0 Å². The molecule has 0 saturated heterocycles. The highest BCUT2D eigenvalue weighted by molar-refractivity contribution is 9.10. The number of nitrogens with two attached hydrogens (primary N) is 1. The van der Waals surface area contributed by atoms with Crippen LogP contribution in [0.5, 0.6) is 0 Å². The second-order valence-electron chi connectivity index (χ2n) is 4.43. The van der Waals surface area contributed by atoms with Gasteiger partial charge in [0.1, 0.15) is 5.82 Å². The highest BCUT2D eigenvalue weighted by Crippen LogP contribution is 2.27. The molecule has 2 aromatic carbocycles. The van der Waals surface area contributed by atoms with Crippen LogP contribution < -0.4 is 5.73 Å². The lowest BCUT2D eigenvalue weighted by Gasteiger charge is -2.05. The van der Waals surface area contributed by atoms with Crippen LogP contribution in [0.2, 0.25) is 0 Å². The number of nitrogens with one attached hydrogen (secondary N) is 1. The zero-order valence-corrected chi connectivity index (χ0v) is 11.9. The van der Waals surface area contributed by atoms with Crippen LogP contribution in [-0.2, 0) is 0 Å². The summed E-state index contributed by atoms with van der Waals surface area (Å²) in [6.45, 7) is 0. The van der Waals surface area contributed by atoms with Gasteiger partial charge in [-0.05, 0) is 34.1 Å². The zero-order chi connectivity index (χ0) is 14.3. The summed E-state index contributed by atoms with van der Waals surface area (Å²) in [5.74, 6) is -0.756. The molecule has 5 heteroatoms. The Morgan fingerprint density at radius 3 is 2.75 bits per heavy atom. The summed E-state index contributed by atoms with van der Waals surface area (Å²) < 4.78 is 13.7. The Kier molecular flexibility index (Phi) is 3.06. The molecule has 0 bridgehead atoms. The molecule has 0 aliphatic heterocycles. The number of nitrogen functional groups attached to an aromatic ring is 1. The van der Waals surface area contributed by atoms with Gasteiger partial charge >= 0.3 is 0 Å². The van der Waals surface area contributed by atoms with E-state index in [9.17, 15) is 9.18 Å². The van der Waals surface area contributed by atoms with Gasteiger partial charge in [-0.25, -0.2) is 4.39 Å². The highest BCUT2D eigenvalue weighted by Gasteiger charge is 2.18. The molecule has 0 fully saturated rings. The zero-order valence-electron chi connectivity index (χ0n) is 10.3. The number of aromatic amines is 1. The smallest absolute Gasteiger partial charge is 0.196 e. The van der Waals surface area contributed by atoms with Crippen molar-refractivity contribution in [3.63, 3.8) is 0 Å². The third kappa shape index (κ3) is 2.00. The quantitative estimate of drug-likeness (QED) is 0.552. The Balaban J connectivity index is 2.16. The molecule has 3 rings (SSSR count). The van der Waals surface area contributed by atoms with E-state index < -0.39 is 5.82 Å². The summed E-state index contributed by atoms with van der Waals surface area (Å²) in [6.07, 6.45) is 1.65. The first kappa shape index (κ1) is 12.9. The number of H-pyrrole nitrogens is 1. The van der Waals surface area contributed by atoms with Gasteiger partial charge in [-0.1, -0.05) is 18.2 Å². The number of hydrogen-bond acceptors (Lipinski definition) is 2. The highest BCUT2D eigenvalue weighted by atomic mass is 79.9. The predicted octanol–water partition coefficient (Wildman–Crippen LogP) is 3.88. The van der Waals surface area contributed by atoms with E-state index >= 15 is 0 Å². The third-order valence-electron chi connectivity index (χ3n) is 3.16. The number of benzene rings is 2. The van der Waals surface area contributed by atoms with E-state index in [2.05, 4.69) is 20.9 Å². The van der Waals surface area contributed by atoms with E-state index in [-0.39, 0.29) is 11.5 Å². The average Bonchev–Trinajstić information content (AvgIpc) is 2.86. The molecule has 0 unspecified atom stereocenters. The summed E-state index contributed by atoms with van der Waals surface area (Å²) in [4.78, 5) is 15.6. The SMILES string of the molecule is Nc1cc(C(=O)c2c[nH]c3ccccc23)c(Br)cc1F. The lowest BCUT2D eigenvalue weighted by Crippen LogP contribution is -2.04. The van der Waals surface area contributed by atoms with Crippen LogP contribution in [0.4, 0.5) is 10.1 Å². The number of para-hydroxylation sites is 1. The number of rotatable bonds is 2. The van der Waals surface area contributed by atoms with Gasteiger partial charge in [0.25, 0.3) is 0 Å². The number of halogens is 2. The van der Waals surface area contributed by atoms with Crippen LogP contribution in [0.15, 0.2) is 47.1 Å². The Morgan fingerprint density at radius 2 is 1.95 bits per heavy atom. The number of ketones is 1. The summed E-state index contributed by atoms with van der Waals surface area (Å²) in [5.41, 5.74) is 7.25. The number of aromatic nitrogens is 1. The van der Waals surface area contributed by atoms with Crippen LogP contribution in [0.3, 0.4) is 0 Å². The molecular weight excluding hydrogens is 323 g/mol. The maximum absolute atomic E-state index is 13.3.